The number of hydrogen-bond acceptors (Lipinski definition) is 9. The summed E-state index contributed by atoms with van der Waals surface area (Å²) in [7, 11) is 1.82. The Morgan fingerprint density at radius 3 is 2.71 bits per heavy atom. The van der Waals surface area contributed by atoms with Gasteiger partial charge in [0.1, 0.15) is 11.3 Å². The molecule has 10 nitrogen and oxygen atoms in total. The molecule has 2 N–H and O–H groups in total. The van der Waals surface area contributed by atoms with Gasteiger partial charge >= 0.3 is 0 Å². The Morgan fingerprint density at radius 1 is 0.971 bits per heavy atom. The number of pyridine rings is 3. The van der Waals surface area contributed by atoms with Crippen LogP contribution in [0.2, 0.25) is 0 Å². The number of hydrogen-bond donors (Lipinski definition) is 2. The van der Waals surface area contributed by atoms with Crippen LogP contribution in [0.15, 0.2) is 61.1 Å². The monoisotopic (exact) mass is 453 g/mol. The maximum atomic E-state index is 5.48. The van der Waals surface area contributed by atoms with Crippen LogP contribution in [0, 0.1) is 0 Å². The van der Waals surface area contributed by atoms with E-state index in [-0.39, 0.29) is 0 Å². The topological polar surface area (TPSA) is 105 Å². The minimum absolute atomic E-state index is 0.596. The van der Waals surface area contributed by atoms with Crippen molar-refractivity contribution >= 4 is 39.6 Å². The van der Waals surface area contributed by atoms with Gasteiger partial charge in [-0.15, -0.1) is 10.2 Å². The average molecular weight is 454 g/mol. The van der Waals surface area contributed by atoms with Gasteiger partial charge < -0.3 is 20.3 Å². The van der Waals surface area contributed by atoms with Crippen molar-refractivity contribution in [1.82, 2.24) is 29.8 Å². The van der Waals surface area contributed by atoms with E-state index in [1.165, 1.54) is 0 Å². The van der Waals surface area contributed by atoms with E-state index in [0.717, 1.165) is 54.2 Å². The zero-order chi connectivity index (χ0) is 22.9. The first-order valence-electron chi connectivity index (χ1n) is 11.1. The molecule has 0 bridgehead atoms. The molecular formula is C24H23N9O. The molecule has 5 aromatic rings. The minimum Gasteiger partial charge on any atom is -0.378 e. The fraction of sp³-hybridized carbons (Fsp3) is 0.208. The van der Waals surface area contributed by atoms with Gasteiger partial charge in [-0.05, 0) is 36.4 Å². The van der Waals surface area contributed by atoms with Gasteiger partial charge in [-0.3, -0.25) is 0 Å². The highest BCUT2D eigenvalue weighted by Gasteiger charge is 2.16. The smallest absolute Gasteiger partial charge is 0.154 e. The molecule has 0 aliphatic carbocycles. The fourth-order valence-electron chi connectivity index (χ4n) is 4.16. The lowest BCUT2D eigenvalue weighted by molar-refractivity contribution is 0.122. The summed E-state index contributed by atoms with van der Waals surface area (Å²) in [6, 6.07) is 13.9. The highest BCUT2D eigenvalue weighted by atomic mass is 16.5. The standard InChI is InChI=1S/C24H23N9O/c1-25-24-23-18(13-22(29-30-23)28-21-4-2-3-7-26-21)19(14-27-24)20-12-16-5-6-17(15-33(16)31-20)32-8-10-34-11-9-32/h2-7,12-15H,8-11H2,1H3,(H,25,27)(H,26,28,29). The summed E-state index contributed by atoms with van der Waals surface area (Å²) in [6.45, 7) is 3.25. The summed E-state index contributed by atoms with van der Waals surface area (Å²) < 4.78 is 7.40. The van der Waals surface area contributed by atoms with E-state index in [1.54, 1.807) is 6.20 Å². The molecule has 6 heterocycles. The third kappa shape index (κ3) is 3.73. The maximum absolute atomic E-state index is 5.48. The second kappa shape index (κ2) is 8.56. The molecule has 1 aliphatic heterocycles. The number of fused-ring (bicyclic) bond motifs is 2. The van der Waals surface area contributed by atoms with Crippen molar-refractivity contribution in [3.05, 3.63) is 61.1 Å². The highest BCUT2D eigenvalue weighted by molar-refractivity contribution is 6.00. The molecule has 0 unspecified atom stereocenters. The number of morpholine rings is 1. The van der Waals surface area contributed by atoms with E-state index in [1.807, 2.05) is 42.0 Å². The fourth-order valence-corrected chi connectivity index (χ4v) is 4.16. The van der Waals surface area contributed by atoms with Crippen molar-refractivity contribution in [3.8, 4) is 11.3 Å². The Labute approximate surface area is 195 Å². The summed E-state index contributed by atoms with van der Waals surface area (Å²) >= 11 is 0. The molecule has 0 saturated carbocycles. The van der Waals surface area contributed by atoms with Crippen LogP contribution in [0.25, 0.3) is 27.7 Å². The lowest BCUT2D eigenvalue weighted by Crippen LogP contribution is -2.36. The summed E-state index contributed by atoms with van der Waals surface area (Å²) in [5, 5.41) is 20.9. The molecule has 170 valence electrons. The number of nitrogens with one attached hydrogen (secondary N) is 2. The molecule has 0 spiro atoms. The van der Waals surface area contributed by atoms with Crippen LogP contribution in [0.5, 0.6) is 0 Å². The van der Waals surface area contributed by atoms with Gasteiger partial charge in [0.05, 0.1) is 36.3 Å². The van der Waals surface area contributed by atoms with Gasteiger partial charge in [0.25, 0.3) is 0 Å². The van der Waals surface area contributed by atoms with Crippen LogP contribution in [0.3, 0.4) is 0 Å². The van der Waals surface area contributed by atoms with Gasteiger partial charge in [0.15, 0.2) is 11.6 Å². The lowest BCUT2D eigenvalue weighted by atomic mass is 10.1. The minimum atomic E-state index is 0.596. The molecule has 0 atom stereocenters. The van der Waals surface area contributed by atoms with Gasteiger partial charge in [0.2, 0.25) is 0 Å². The van der Waals surface area contributed by atoms with Crippen LogP contribution in [-0.4, -0.2) is 63.1 Å². The van der Waals surface area contributed by atoms with E-state index in [4.69, 9.17) is 9.84 Å². The number of rotatable bonds is 5. The predicted molar refractivity (Wildman–Crippen MR) is 132 cm³/mol. The van der Waals surface area contributed by atoms with E-state index < -0.39 is 0 Å². The van der Waals surface area contributed by atoms with Crippen molar-refractivity contribution in [2.24, 2.45) is 0 Å². The highest BCUT2D eigenvalue weighted by Crippen LogP contribution is 2.32. The Bertz CT molecular complexity index is 1460. The van der Waals surface area contributed by atoms with Gasteiger partial charge in [-0.2, -0.15) is 5.10 Å². The molecule has 34 heavy (non-hydrogen) atoms. The van der Waals surface area contributed by atoms with Gasteiger partial charge in [0, 0.05) is 43.5 Å². The SMILES string of the molecule is CNc1ncc(-c2cc3ccc(N4CCOCC4)cn3n2)c2cc(Nc3ccccn3)nnc12. The van der Waals surface area contributed by atoms with Crippen molar-refractivity contribution in [2.45, 2.75) is 0 Å². The van der Waals surface area contributed by atoms with Crippen LogP contribution in [-0.2, 0) is 4.74 Å². The predicted octanol–water partition coefficient (Wildman–Crippen LogP) is 3.36. The molecule has 1 aliphatic rings. The van der Waals surface area contributed by atoms with Crippen LogP contribution in [0.1, 0.15) is 0 Å². The summed E-state index contributed by atoms with van der Waals surface area (Å²) in [4.78, 5) is 11.2. The van der Waals surface area contributed by atoms with Crippen LogP contribution in [0.4, 0.5) is 23.1 Å². The third-order valence-electron chi connectivity index (χ3n) is 5.89. The van der Waals surface area contributed by atoms with E-state index in [0.29, 0.717) is 23.0 Å². The third-order valence-corrected chi connectivity index (χ3v) is 5.89. The first kappa shape index (κ1) is 20.3. The Hall–Kier alpha value is -4.31. The normalized spacial score (nSPS) is 14.0. The summed E-state index contributed by atoms with van der Waals surface area (Å²) in [5.74, 6) is 1.96. The quantitative estimate of drug-likeness (QED) is 0.414. The Morgan fingerprint density at radius 2 is 1.88 bits per heavy atom. The number of nitrogens with zero attached hydrogens (tertiary/aromatic N) is 7. The molecule has 1 saturated heterocycles. The molecule has 0 amide bonds. The lowest BCUT2D eigenvalue weighted by Gasteiger charge is -2.28. The van der Waals surface area contributed by atoms with Crippen molar-refractivity contribution in [2.75, 3.05) is 48.9 Å². The van der Waals surface area contributed by atoms with Gasteiger partial charge in [-0.25, -0.2) is 14.5 Å². The second-order valence-electron chi connectivity index (χ2n) is 7.99. The van der Waals surface area contributed by atoms with Crippen LogP contribution < -0.4 is 15.5 Å². The second-order valence-corrected chi connectivity index (χ2v) is 7.99. The van der Waals surface area contributed by atoms with Crippen LogP contribution >= 0.6 is 0 Å². The maximum Gasteiger partial charge on any atom is 0.154 e. The number of aromatic nitrogens is 6. The molecule has 6 rings (SSSR count). The van der Waals surface area contributed by atoms with Crippen molar-refractivity contribution in [3.63, 3.8) is 0 Å². The molecule has 0 aromatic carbocycles. The number of anilines is 4. The first-order chi connectivity index (χ1) is 16.8. The van der Waals surface area contributed by atoms with Gasteiger partial charge in [-0.1, -0.05) is 6.07 Å². The molecule has 0 radical (unpaired) electrons. The van der Waals surface area contributed by atoms with E-state index >= 15 is 0 Å². The molecule has 5 aromatic heterocycles. The summed E-state index contributed by atoms with van der Waals surface area (Å²) in [5.41, 5.74) is 4.51. The van der Waals surface area contributed by atoms with Crippen molar-refractivity contribution in [1.29, 1.82) is 0 Å². The zero-order valence-corrected chi connectivity index (χ0v) is 18.6. The molecule has 10 heteroatoms. The molecule has 1 fully saturated rings. The van der Waals surface area contributed by atoms with Crippen molar-refractivity contribution < 1.29 is 4.74 Å². The van der Waals surface area contributed by atoms with E-state index in [9.17, 15) is 0 Å². The Kier molecular flexibility index (Phi) is 5.11. The average Bonchev–Trinajstić information content (AvgIpc) is 3.32. The number of ether oxygens (including phenoxy) is 1. The Balaban J connectivity index is 1.43. The first-order valence-corrected chi connectivity index (χ1v) is 11.1. The molecular weight excluding hydrogens is 430 g/mol. The largest absolute Gasteiger partial charge is 0.378 e. The van der Waals surface area contributed by atoms with E-state index in [2.05, 4.69) is 60.1 Å². The summed E-state index contributed by atoms with van der Waals surface area (Å²) in [6.07, 6.45) is 5.62. The zero-order valence-electron chi connectivity index (χ0n) is 18.6.